The van der Waals surface area contributed by atoms with Gasteiger partial charge in [-0.05, 0) is 28.3 Å². The summed E-state index contributed by atoms with van der Waals surface area (Å²) in [6, 6.07) is 10.7. The maximum atomic E-state index is 11.0. The van der Waals surface area contributed by atoms with Crippen LogP contribution < -0.4 is 14.2 Å². The standard InChI is InChI=1S/C21H18O6/c1-25-19-15-11-7-5-4-6-10(11)12-8-9-13(22)17(23)14(12)16(15)18(24)20(26-2)21(19)27-3/h4-9,22-24H,1-3H3. The summed E-state index contributed by atoms with van der Waals surface area (Å²) in [5, 5.41) is 35.2. The van der Waals surface area contributed by atoms with Crippen LogP contribution in [0.25, 0.3) is 32.3 Å². The molecule has 0 amide bonds. The summed E-state index contributed by atoms with van der Waals surface area (Å²) < 4.78 is 16.4. The number of ether oxygens (including phenoxy) is 3. The van der Waals surface area contributed by atoms with Crippen molar-refractivity contribution in [3.05, 3.63) is 36.4 Å². The van der Waals surface area contributed by atoms with Crippen molar-refractivity contribution in [3.8, 4) is 34.5 Å². The third-order valence-corrected chi connectivity index (χ3v) is 4.85. The molecule has 0 radical (unpaired) electrons. The lowest BCUT2D eigenvalue weighted by Crippen LogP contribution is -1.98. The Bertz CT molecular complexity index is 1210. The molecule has 0 bridgehead atoms. The van der Waals surface area contributed by atoms with Gasteiger partial charge in [0.2, 0.25) is 11.5 Å². The van der Waals surface area contributed by atoms with Crippen LogP contribution in [0.2, 0.25) is 0 Å². The smallest absolute Gasteiger partial charge is 0.207 e. The van der Waals surface area contributed by atoms with Crippen molar-refractivity contribution in [2.75, 3.05) is 21.3 Å². The molecule has 0 saturated heterocycles. The van der Waals surface area contributed by atoms with E-state index >= 15 is 0 Å². The molecule has 0 unspecified atom stereocenters. The minimum Gasteiger partial charge on any atom is -0.504 e. The van der Waals surface area contributed by atoms with Gasteiger partial charge in [-0.15, -0.1) is 0 Å². The van der Waals surface area contributed by atoms with Gasteiger partial charge in [-0.3, -0.25) is 0 Å². The molecule has 0 aliphatic heterocycles. The highest BCUT2D eigenvalue weighted by atomic mass is 16.5. The van der Waals surface area contributed by atoms with Crippen molar-refractivity contribution in [1.29, 1.82) is 0 Å². The van der Waals surface area contributed by atoms with Gasteiger partial charge in [0.15, 0.2) is 23.0 Å². The fourth-order valence-electron chi connectivity index (χ4n) is 3.73. The summed E-state index contributed by atoms with van der Waals surface area (Å²) in [5.41, 5.74) is 0. The van der Waals surface area contributed by atoms with Crippen molar-refractivity contribution >= 4 is 32.3 Å². The molecule has 0 saturated carbocycles. The average Bonchev–Trinajstić information content (AvgIpc) is 2.69. The van der Waals surface area contributed by atoms with E-state index in [1.54, 1.807) is 6.07 Å². The Hall–Kier alpha value is -3.54. The molecule has 0 aromatic heterocycles. The van der Waals surface area contributed by atoms with Crippen molar-refractivity contribution < 1.29 is 29.5 Å². The molecule has 3 N–H and O–H groups in total. The number of phenolic OH excluding ortho intramolecular Hbond substituents is 3. The number of hydrogen-bond donors (Lipinski definition) is 3. The first-order chi connectivity index (χ1) is 13.0. The number of phenols is 3. The highest BCUT2D eigenvalue weighted by Crippen LogP contribution is 2.56. The SMILES string of the molecule is COc1c(OC)c(O)c2c3c(O)c(O)ccc3c3ccccc3c2c1OC. The summed E-state index contributed by atoms with van der Waals surface area (Å²) >= 11 is 0. The van der Waals surface area contributed by atoms with Gasteiger partial charge in [0.05, 0.1) is 21.3 Å². The first-order valence-electron chi connectivity index (χ1n) is 8.25. The zero-order valence-corrected chi connectivity index (χ0v) is 15.0. The van der Waals surface area contributed by atoms with Crippen LogP contribution in [-0.2, 0) is 0 Å². The lowest BCUT2D eigenvalue weighted by molar-refractivity contribution is 0.314. The molecule has 138 valence electrons. The van der Waals surface area contributed by atoms with Gasteiger partial charge < -0.3 is 29.5 Å². The molecule has 0 aliphatic rings. The molecule has 0 heterocycles. The van der Waals surface area contributed by atoms with Gasteiger partial charge in [-0.2, -0.15) is 0 Å². The molecule has 27 heavy (non-hydrogen) atoms. The zero-order chi connectivity index (χ0) is 19.3. The maximum Gasteiger partial charge on any atom is 0.207 e. The van der Waals surface area contributed by atoms with Crippen LogP contribution in [-0.4, -0.2) is 36.6 Å². The molecule has 4 aromatic rings. The summed E-state index contributed by atoms with van der Waals surface area (Å²) in [6.07, 6.45) is 0. The minimum absolute atomic E-state index is 0.0844. The molecule has 6 heteroatoms. The van der Waals surface area contributed by atoms with Crippen LogP contribution in [0.5, 0.6) is 34.5 Å². The molecule has 4 rings (SSSR count). The van der Waals surface area contributed by atoms with E-state index < -0.39 is 0 Å². The third kappa shape index (κ3) is 2.13. The highest BCUT2D eigenvalue weighted by molar-refractivity contribution is 6.31. The molecular formula is C21H18O6. The van der Waals surface area contributed by atoms with Crippen molar-refractivity contribution in [2.45, 2.75) is 0 Å². The van der Waals surface area contributed by atoms with Crippen LogP contribution in [0.4, 0.5) is 0 Å². The zero-order valence-electron chi connectivity index (χ0n) is 15.0. The van der Waals surface area contributed by atoms with E-state index in [1.807, 2.05) is 24.3 Å². The predicted molar refractivity (Wildman–Crippen MR) is 104 cm³/mol. The number of aromatic hydroxyl groups is 3. The number of fused-ring (bicyclic) bond motifs is 6. The lowest BCUT2D eigenvalue weighted by atomic mass is 9.92. The lowest BCUT2D eigenvalue weighted by Gasteiger charge is -2.20. The second kappa shape index (κ2) is 6.02. The summed E-state index contributed by atoms with van der Waals surface area (Å²) in [5.74, 6) is -0.125. The monoisotopic (exact) mass is 366 g/mol. The van der Waals surface area contributed by atoms with Crippen molar-refractivity contribution in [2.24, 2.45) is 0 Å². The van der Waals surface area contributed by atoms with Gasteiger partial charge >= 0.3 is 0 Å². The van der Waals surface area contributed by atoms with E-state index in [0.29, 0.717) is 27.3 Å². The highest BCUT2D eigenvalue weighted by Gasteiger charge is 2.27. The summed E-state index contributed by atoms with van der Waals surface area (Å²) in [7, 11) is 4.36. The Morgan fingerprint density at radius 3 is 1.78 bits per heavy atom. The van der Waals surface area contributed by atoms with Crippen molar-refractivity contribution in [3.63, 3.8) is 0 Å². The van der Waals surface area contributed by atoms with Crippen LogP contribution in [0.1, 0.15) is 0 Å². The first-order valence-corrected chi connectivity index (χ1v) is 8.25. The quantitative estimate of drug-likeness (QED) is 0.370. The second-order valence-corrected chi connectivity index (χ2v) is 6.10. The number of hydrogen-bond acceptors (Lipinski definition) is 6. The summed E-state index contributed by atoms with van der Waals surface area (Å²) in [4.78, 5) is 0. The predicted octanol–water partition coefficient (Wildman–Crippen LogP) is 4.29. The molecule has 6 nitrogen and oxygen atoms in total. The second-order valence-electron chi connectivity index (χ2n) is 6.10. The Balaban J connectivity index is 2.48. The molecule has 0 fully saturated rings. The van der Waals surface area contributed by atoms with Gasteiger partial charge in [-0.25, -0.2) is 0 Å². The van der Waals surface area contributed by atoms with E-state index in [4.69, 9.17) is 14.2 Å². The topological polar surface area (TPSA) is 88.4 Å². The Morgan fingerprint density at radius 2 is 1.15 bits per heavy atom. The Kier molecular flexibility index (Phi) is 3.77. The largest absolute Gasteiger partial charge is 0.504 e. The molecular weight excluding hydrogens is 348 g/mol. The van der Waals surface area contributed by atoms with Crippen LogP contribution >= 0.6 is 0 Å². The van der Waals surface area contributed by atoms with Crippen LogP contribution in [0, 0.1) is 0 Å². The van der Waals surface area contributed by atoms with E-state index in [1.165, 1.54) is 27.4 Å². The number of benzene rings is 4. The molecule has 0 aliphatic carbocycles. The van der Waals surface area contributed by atoms with E-state index in [-0.39, 0.29) is 28.7 Å². The van der Waals surface area contributed by atoms with E-state index in [9.17, 15) is 15.3 Å². The van der Waals surface area contributed by atoms with E-state index in [2.05, 4.69) is 0 Å². The minimum atomic E-state index is -0.326. The van der Waals surface area contributed by atoms with E-state index in [0.717, 1.165) is 10.8 Å². The Labute approximate surface area is 154 Å². The number of rotatable bonds is 3. The first kappa shape index (κ1) is 16.9. The maximum absolute atomic E-state index is 11.0. The fraction of sp³-hybridized carbons (Fsp3) is 0.143. The van der Waals surface area contributed by atoms with Gasteiger partial charge in [0.1, 0.15) is 0 Å². The Morgan fingerprint density at radius 1 is 0.556 bits per heavy atom. The third-order valence-electron chi connectivity index (χ3n) is 4.85. The van der Waals surface area contributed by atoms with Crippen LogP contribution in [0.15, 0.2) is 36.4 Å². The van der Waals surface area contributed by atoms with Crippen LogP contribution in [0.3, 0.4) is 0 Å². The van der Waals surface area contributed by atoms with Gasteiger partial charge in [0.25, 0.3) is 0 Å². The van der Waals surface area contributed by atoms with Gasteiger partial charge in [-0.1, -0.05) is 24.3 Å². The summed E-state index contributed by atoms with van der Waals surface area (Å²) in [6.45, 7) is 0. The number of methoxy groups -OCH3 is 3. The normalized spacial score (nSPS) is 11.2. The molecule has 0 spiro atoms. The molecule has 0 atom stereocenters. The molecule has 4 aromatic carbocycles. The fourth-order valence-corrected chi connectivity index (χ4v) is 3.73. The van der Waals surface area contributed by atoms with Gasteiger partial charge in [0, 0.05) is 16.2 Å². The average molecular weight is 366 g/mol. The van der Waals surface area contributed by atoms with Crippen molar-refractivity contribution in [1.82, 2.24) is 0 Å².